The van der Waals surface area contributed by atoms with Crippen LogP contribution >= 0.6 is 11.6 Å². The summed E-state index contributed by atoms with van der Waals surface area (Å²) < 4.78 is 1.89. The molecule has 114 valence electrons. The zero-order valence-corrected chi connectivity index (χ0v) is 14.0. The number of aromatic nitrogens is 2. The van der Waals surface area contributed by atoms with Crippen molar-refractivity contribution in [1.82, 2.24) is 15.1 Å². The summed E-state index contributed by atoms with van der Waals surface area (Å²) in [5.74, 6) is 0. The Morgan fingerprint density at radius 2 is 2.05 bits per heavy atom. The molecule has 2 rings (SSSR count). The Labute approximate surface area is 132 Å². The topological polar surface area (TPSA) is 29.9 Å². The minimum Gasteiger partial charge on any atom is -0.312 e. The van der Waals surface area contributed by atoms with Crippen LogP contribution in [0.1, 0.15) is 38.3 Å². The Morgan fingerprint density at radius 3 is 2.71 bits per heavy atom. The Morgan fingerprint density at radius 1 is 1.29 bits per heavy atom. The van der Waals surface area contributed by atoms with Gasteiger partial charge in [0.05, 0.1) is 11.9 Å². The van der Waals surface area contributed by atoms with Crippen LogP contribution in [-0.2, 0) is 6.42 Å². The van der Waals surface area contributed by atoms with Crippen molar-refractivity contribution in [3.05, 3.63) is 46.7 Å². The van der Waals surface area contributed by atoms with Crippen molar-refractivity contribution < 1.29 is 0 Å². The van der Waals surface area contributed by atoms with Gasteiger partial charge < -0.3 is 5.32 Å². The van der Waals surface area contributed by atoms with E-state index in [1.165, 1.54) is 5.56 Å². The fraction of sp³-hybridized carbons (Fsp3) is 0.471. The minimum absolute atomic E-state index is 0.183. The van der Waals surface area contributed by atoms with Crippen molar-refractivity contribution in [3.8, 4) is 5.69 Å². The van der Waals surface area contributed by atoms with Gasteiger partial charge in [-0.3, -0.25) is 0 Å². The SMILES string of the molecule is Cc1ccc(-n2cc(CCCNC(C)(C)C)cn2)cc1Cl. The predicted molar refractivity (Wildman–Crippen MR) is 89.4 cm³/mol. The summed E-state index contributed by atoms with van der Waals surface area (Å²) in [5, 5.41) is 8.70. The second kappa shape index (κ2) is 6.63. The van der Waals surface area contributed by atoms with Gasteiger partial charge in [0.25, 0.3) is 0 Å². The van der Waals surface area contributed by atoms with Crippen LogP contribution in [0.4, 0.5) is 0 Å². The van der Waals surface area contributed by atoms with E-state index in [-0.39, 0.29) is 5.54 Å². The average Bonchev–Trinajstić information content (AvgIpc) is 2.86. The summed E-state index contributed by atoms with van der Waals surface area (Å²) in [4.78, 5) is 0. The lowest BCUT2D eigenvalue weighted by atomic mass is 10.1. The molecule has 0 amide bonds. The number of hydrogen-bond donors (Lipinski definition) is 1. The van der Waals surface area contributed by atoms with E-state index in [9.17, 15) is 0 Å². The minimum atomic E-state index is 0.183. The van der Waals surface area contributed by atoms with Crippen LogP contribution in [0, 0.1) is 6.92 Å². The van der Waals surface area contributed by atoms with Crippen molar-refractivity contribution in [1.29, 1.82) is 0 Å². The van der Waals surface area contributed by atoms with Crippen molar-refractivity contribution in [2.75, 3.05) is 6.54 Å². The van der Waals surface area contributed by atoms with Crippen molar-refractivity contribution >= 4 is 11.6 Å². The van der Waals surface area contributed by atoms with Gasteiger partial charge in [-0.05, 0) is 70.3 Å². The number of nitrogens with zero attached hydrogens (tertiary/aromatic N) is 2. The Balaban J connectivity index is 1.93. The first kappa shape index (κ1) is 16.1. The first-order valence-electron chi connectivity index (χ1n) is 7.40. The van der Waals surface area contributed by atoms with Crippen molar-refractivity contribution in [2.45, 2.75) is 46.1 Å². The average molecular weight is 306 g/mol. The molecule has 1 heterocycles. The van der Waals surface area contributed by atoms with Gasteiger partial charge in [0.2, 0.25) is 0 Å². The molecule has 0 unspecified atom stereocenters. The van der Waals surface area contributed by atoms with E-state index in [2.05, 4.69) is 37.4 Å². The Bertz CT molecular complexity index is 596. The fourth-order valence-corrected chi connectivity index (χ4v) is 2.29. The molecule has 0 aliphatic rings. The zero-order valence-electron chi connectivity index (χ0n) is 13.3. The smallest absolute Gasteiger partial charge is 0.0660 e. The van der Waals surface area contributed by atoms with E-state index in [0.29, 0.717) is 0 Å². The van der Waals surface area contributed by atoms with E-state index in [1.54, 1.807) is 0 Å². The number of nitrogens with one attached hydrogen (secondary N) is 1. The molecule has 0 aliphatic carbocycles. The van der Waals surface area contributed by atoms with Gasteiger partial charge in [0, 0.05) is 16.8 Å². The van der Waals surface area contributed by atoms with Gasteiger partial charge in [-0.2, -0.15) is 5.10 Å². The molecule has 0 spiro atoms. The largest absolute Gasteiger partial charge is 0.312 e. The van der Waals surface area contributed by atoms with Crippen molar-refractivity contribution in [2.24, 2.45) is 0 Å². The quantitative estimate of drug-likeness (QED) is 0.841. The molecule has 0 saturated heterocycles. The summed E-state index contributed by atoms with van der Waals surface area (Å²) in [7, 11) is 0. The van der Waals surface area contributed by atoms with Crippen LogP contribution in [0.15, 0.2) is 30.6 Å². The zero-order chi connectivity index (χ0) is 15.5. The molecular weight excluding hydrogens is 282 g/mol. The number of halogens is 1. The van der Waals surface area contributed by atoms with Crippen LogP contribution in [-0.4, -0.2) is 21.9 Å². The Kier molecular flexibility index (Phi) is 5.07. The molecule has 1 N–H and O–H groups in total. The summed E-state index contributed by atoms with van der Waals surface area (Å²) in [6, 6.07) is 6.01. The van der Waals surface area contributed by atoms with E-state index in [1.807, 2.05) is 36.0 Å². The first-order chi connectivity index (χ1) is 9.85. The molecule has 1 aromatic heterocycles. The maximum atomic E-state index is 6.17. The first-order valence-corrected chi connectivity index (χ1v) is 7.78. The van der Waals surface area contributed by atoms with Crippen LogP contribution in [0.3, 0.4) is 0 Å². The monoisotopic (exact) mass is 305 g/mol. The highest BCUT2D eigenvalue weighted by atomic mass is 35.5. The molecular formula is C17H24ClN3. The van der Waals surface area contributed by atoms with Gasteiger partial charge in [-0.25, -0.2) is 4.68 Å². The Hall–Kier alpha value is -1.32. The maximum absolute atomic E-state index is 6.17. The third-order valence-electron chi connectivity index (χ3n) is 3.35. The molecule has 0 radical (unpaired) electrons. The molecule has 0 saturated carbocycles. The summed E-state index contributed by atoms with van der Waals surface area (Å²) in [6.45, 7) is 9.58. The molecule has 0 bridgehead atoms. The number of benzene rings is 1. The normalized spacial score (nSPS) is 11.9. The number of hydrogen-bond acceptors (Lipinski definition) is 2. The number of aryl methyl sites for hydroxylation is 2. The predicted octanol–water partition coefficient (Wildman–Crippen LogP) is 4.15. The molecule has 3 nitrogen and oxygen atoms in total. The highest BCUT2D eigenvalue weighted by Gasteiger charge is 2.08. The summed E-state index contributed by atoms with van der Waals surface area (Å²) >= 11 is 6.17. The molecule has 0 atom stereocenters. The molecule has 4 heteroatoms. The number of rotatable bonds is 5. The van der Waals surface area contributed by atoms with Crippen molar-refractivity contribution in [3.63, 3.8) is 0 Å². The standard InChI is InChI=1S/C17H24ClN3/c1-13-7-8-15(10-16(13)18)21-12-14(11-20-21)6-5-9-19-17(2,3)4/h7-8,10-12,19H,5-6,9H2,1-4H3. The van der Waals surface area contributed by atoms with E-state index < -0.39 is 0 Å². The van der Waals surface area contributed by atoms with Gasteiger partial charge in [-0.1, -0.05) is 17.7 Å². The molecule has 0 aliphatic heterocycles. The van der Waals surface area contributed by atoms with Gasteiger partial charge in [0.1, 0.15) is 0 Å². The molecule has 2 aromatic rings. The fourth-order valence-electron chi connectivity index (χ4n) is 2.11. The molecule has 1 aromatic carbocycles. The summed E-state index contributed by atoms with van der Waals surface area (Å²) in [5.41, 5.74) is 3.52. The van der Waals surface area contributed by atoms with Gasteiger partial charge >= 0.3 is 0 Å². The van der Waals surface area contributed by atoms with Crippen LogP contribution < -0.4 is 5.32 Å². The van der Waals surface area contributed by atoms with E-state index in [0.717, 1.165) is 35.7 Å². The second-order valence-electron chi connectivity index (χ2n) is 6.51. The highest BCUT2D eigenvalue weighted by Crippen LogP contribution is 2.19. The summed E-state index contributed by atoms with van der Waals surface area (Å²) in [6.07, 6.45) is 6.16. The highest BCUT2D eigenvalue weighted by molar-refractivity contribution is 6.31. The van der Waals surface area contributed by atoms with Gasteiger partial charge in [-0.15, -0.1) is 0 Å². The lowest BCUT2D eigenvalue weighted by Crippen LogP contribution is -2.36. The third-order valence-corrected chi connectivity index (χ3v) is 3.76. The molecule has 0 fully saturated rings. The van der Waals surface area contributed by atoms with Gasteiger partial charge in [0.15, 0.2) is 0 Å². The molecule has 21 heavy (non-hydrogen) atoms. The lowest BCUT2D eigenvalue weighted by Gasteiger charge is -2.20. The lowest BCUT2D eigenvalue weighted by molar-refractivity contribution is 0.422. The second-order valence-corrected chi connectivity index (χ2v) is 6.91. The van der Waals surface area contributed by atoms with E-state index >= 15 is 0 Å². The van der Waals surface area contributed by atoms with E-state index in [4.69, 9.17) is 11.6 Å². The van der Waals surface area contributed by atoms with Crippen LogP contribution in [0.25, 0.3) is 5.69 Å². The maximum Gasteiger partial charge on any atom is 0.0660 e. The van der Waals surface area contributed by atoms with Crippen LogP contribution in [0.2, 0.25) is 5.02 Å². The van der Waals surface area contributed by atoms with Crippen LogP contribution in [0.5, 0.6) is 0 Å². The third kappa shape index (κ3) is 4.87.